The van der Waals surface area contributed by atoms with Gasteiger partial charge in [-0.2, -0.15) is 0 Å². The van der Waals surface area contributed by atoms with Gasteiger partial charge in [0.15, 0.2) is 0 Å². The van der Waals surface area contributed by atoms with Gasteiger partial charge in [-0.1, -0.05) is 19.1 Å². The Morgan fingerprint density at radius 2 is 2.45 bits per heavy atom. The highest BCUT2D eigenvalue weighted by molar-refractivity contribution is 6.02. The molecule has 2 rings (SSSR count). The molecule has 2 heteroatoms. The monoisotopic (exact) mass is 149 g/mol. The first-order valence-corrected chi connectivity index (χ1v) is 4.12. The zero-order valence-corrected chi connectivity index (χ0v) is 6.75. The van der Waals surface area contributed by atoms with Crippen LogP contribution in [0.3, 0.4) is 0 Å². The van der Waals surface area contributed by atoms with Gasteiger partial charge in [0.25, 0.3) is 0 Å². The molecule has 0 bridgehead atoms. The molecule has 0 aromatic rings. The SMILES string of the molecule is CC1C=CN=C2C[NH2+]CC2=C1. The van der Waals surface area contributed by atoms with Gasteiger partial charge < -0.3 is 5.32 Å². The molecule has 0 aromatic carbocycles. The van der Waals surface area contributed by atoms with Crippen LogP contribution in [-0.4, -0.2) is 18.8 Å². The highest BCUT2D eigenvalue weighted by Crippen LogP contribution is 2.11. The van der Waals surface area contributed by atoms with Gasteiger partial charge in [0.05, 0.1) is 0 Å². The van der Waals surface area contributed by atoms with Gasteiger partial charge in [-0.3, -0.25) is 4.99 Å². The third-order valence-corrected chi connectivity index (χ3v) is 2.16. The van der Waals surface area contributed by atoms with Crippen LogP contribution in [0.15, 0.2) is 28.9 Å². The van der Waals surface area contributed by atoms with Crippen molar-refractivity contribution < 1.29 is 5.32 Å². The molecular formula is C9H13N2+. The maximum Gasteiger partial charge on any atom is 0.119 e. The van der Waals surface area contributed by atoms with Crippen molar-refractivity contribution in [3.05, 3.63) is 23.9 Å². The quantitative estimate of drug-likeness (QED) is 0.506. The van der Waals surface area contributed by atoms with Gasteiger partial charge in [-0.25, -0.2) is 0 Å². The molecular weight excluding hydrogens is 136 g/mol. The molecule has 2 nitrogen and oxygen atoms in total. The summed E-state index contributed by atoms with van der Waals surface area (Å²) in [6, 6.07) is 0. The lowest BCUT2D eigenvalue weighted by molar-refractivity contribution is -0.625. The smallest absolute Gasteiger partial charge is 0.119 e. The van der Waals surface area contributed by atoms with Crippen LogP contribution in [-0.2, 0) is 0 Å². The summed E-state index contributed by atoms with van der Waals surface area (Å²) in [4.78, 5) is 4.37. The first kappa shape index (κ1) is 6.80. The molecule has 0 amide bonds. The second-order valence-corrected chi connectivity index (χ2v) is 3.17. The third-order valence-electron chi connectivity index (χ3n) is 2.16. The maximum atomic E-state index is 4.37. The number of hydrogen-bond acceptors (Lipinski definition) is 1. The molecule has 1 fully saturated rings. The van der Waals surface area contributed by atoms with E-state index in [2.05, 4.69) is 29.4 Å². The van der Waals surface area contributed by atoms with Crippen molar-refractivity contribution in [2.75, 3.05) is 13.1 Å². The van der Waals surface area contributed by atoms with E-state index in [1.807, 2.05) is 6.20 Å². The van der Waals surface area contributed by atoms with Crippen molar-refractivity contribution in [1.29, 1.82) is 0 Å². The second kappa shape index (κ2) is 2.62. The van der Waals surface area contributed by atoms with Gasteiger partial charge >= 0.3 is 0 Å². The van der Waals surface area contributed by atoms with Crippen LogP contribution in [0.5, 0.6) is 0 Å². The van der Waals surface area contributed by atoms with E-state index >= 15 is 0 Å². The van der Waals surface area contributed by atoms with E-state index < -0.39 is 0 Å². The van der Waals surface area contributed by atoms with E-state index in [0.717, 1.165) is 13.1 Å². The zero-order chi connectivity index (χ0) is 7.68. The van der Waals surface area contributed by atoms with Crippen molar-refractivity contribution >= 4 is 5.71 Å². The van der Waals surface area contributed by atoms with Gasteiger partial charge in [0.1, 0.15) is 18.8 Å². The number of aliphatic imine (C=N–C) groups is 1. The number of allylic oxidation sites excluding steroid dienone is 2. The molecule has 1 unspecified atom stereocenters. The maximum absolute atomic E-state index is 4.37. The van der Waals surface area contributed by atoms with Crippen molar-refractivity contribution in [2.45, 2.75) is 6.92 Å². The lowest BCUT2D eigenvalue weighted by Crippen LogP contribution is -2.81. The summed E-state index contributed by atoms with van der Waals surface area (Å²) in [5.41, 5.74) is 2.70. The van der Waals surface area contributed by atoms with Gasteiger partial charge in [-0.15, -0.1) is 0 Å². The highest BCUT2D eigenvalue weighted by atomic mass is 14.9. The molecule has 2 N–H and O–H groups in total. The Kier molecular flexibility index (Phi) is 1.62. The Morgan fingerprint density at radius 3 is 3.36 bits per heavy atom. The summed E-state index contributed by atoms with van der Waals surface area (Å²) in [6.07, 6.45) is 6.38. The fourth-order valence-corrected chi connectivity index (χ4v) is 1.55. The Balaban J connectivity index is 2.34. The summed E-state index contributed by atoms with van der Waals surface area (Å²) in [5, 5.41) is 2.29. The molecule has 0 aromatic heterocycles. The lowest BCUT2D eigenvalue weighted by Gasteiger charge is -1.95. The molecule has 0 saturated carbocycles. The van der Waals surface area contributed by atoms with Crippen molar-refractivity contribution in [3.63, 3.8) is 0 Å². The molecule has 58 valence electrons. The summed E-state index contributed by atoms with van der Waals surface area (Å²) in [6.45, 7) is 4.37. The average Bonchev–Trinajstić information content (AvgIpc) is 2.31. The largest absolute Gasteiger partial charge is 0.337 e. The van der Waals surface area contributed by atoms with E-state index in [1.54, 1.807) is 0 Å². The molecule has 1 saturated heterocycles. The molecule has 2 aliphatic rings. The van der Waals surface area contributed by atoms with Crippen LogP contribution in [0, 0.1) is 5.92 Å². The fourth-order valence-electron chi connectivity index (χ4n) is 1.55. The number of quaternary nitrogens is 1. The normalized spacial score (nSPS) is 29.0. The summed E-state index contributed by atoms with van der Waals surface area (Å²) in [5.74, 6) is 0.553. The third kappa shape index (κ3) is 1.26. The Bertz CT molecular complexity index is 248. The van der Waals surface area contributed by atoms with E-state index in [4.69, 9.17) is 0 Å². The Labute approximate surface area is 66.7 Å². The Morgan fingerprint density at radius 1 is 1.55 bits per heavy atom. The van der Waals surface area contributed by atoms with Crippen LogP contribution in [0.4, 0.5) is 0 Å². The van der Waals surface area contributed by atoms with Gasteiger partial charge in [0.2, 0.25) is 0 Å². The van der Waals surface area contributed by atoms with E-state index in [9.17, 15) is 0 Å². The van der Waals surface area contributed by atoms with Crippen molar-refractivity contribution in [1.82, 2.24) is 0 Å². The topological polar surface area (TPSA) is 29.0 Å². The lowest BCUT2D eigenvalue weighted by atomic mass is 10.1. The fraction of sp³-hybridized carbons (Fsp3) is 0.444. The number of rotatable bonds is 0. The van der Waals surface area contributed by atoms with Crippen LogP contribution in [0.2, 0.25) is 0 Å². The number of hydrogen-bond donors (Lipinski definition) is 1. The van der Waals surface area contributed by atoms with Crippen LogP contribution < -0.4 is 5.32 Å². The number of nitrogens with zero attached hydrogens (tertiary/aromatic N) is 1. The molecule has 11 heavy (non-hydrogen) atoms. The zero-order valence-electron chi connectivity index (χ0n) is 6.75. The minimum atomic E-state index is 0.553. The average molecular weight is 149 g/mol. The van der Waals surface area contributed by atoms with Crippen LogP contribution >= 0.6 is 0 Å². The van der Waals surface area contributed by atoms with Crippen molar-refractivity contribution in [2.24, 2.45) is 10.9 Å². The number of nitrogens with two attached hydrogens (primary N) is 1. The predicted molar refractivity (Wildman–Crippen MR) is 45.5 cm³/mol. The minimum Gasteiger partial charge on any atom is -0.337 e. The molecule has 2 heterocycles. The first-order chi connectivity index (χ1) is 5.36. The van der Waals surface area contributed by atoms with Crippen LogP contribution in [0.25, 0.3) is 0 Å². The number of fused-ring (bicyclic) bond motifs is 1. The Hall–Kier alpha value is -0.890. The highest BCUT2D eigenvalue weighted by Gasteiger charge is 2.19. The summed E-state index contributed by atoms with van der Waals surface area (Å²) < 4.78 is 0. The minimum absolute atomic E-state index is 0.553. The van der Waals surface area contributed by atoms with Gasteiger partial charge in [-0.05, 0) is 5.92 Å². The van der Waals surface area contributed by atoms with E-state index in [1.165, 1.54) is 11.3 Å². The van der Waals surface area contributed by atoms with Crippen LogP contribution in [0.1, 0.15) is 6.92 Å². The van der Waals surface area contributed by atoms with E-state index in [-0.39, 0.29) is 0 Å². The molecule has 1 atom stereocenters. The molecule has 0 aliphatic carbocycles. The van der Waals surface area contributed by atoms with E-state index in [0.29, 0.717) is 5.92 Å². The molecule has 0 radical (unpaired) electrons. The standard InChI is InChI=1S/C9H12N2/c1-7-2-3-11-9-6-10-5-8(9)4-7/h2-4,7,10H,5-6H2,1H3/p+1. The molecule has 2 aliphatic heterocycles. The van der Waals surface area contributed by atoms with Crippen molar-refractivity contribution in [3.8, 4) is 0 Å². The summed E-state index contributed by atoms with van der Waals surface area (Å²) in [7, 11) is 0. The predicted octanol–water partition coefficient (Wildman–Crippen LogP) is 0.0942. The second-order valence-electron chi connectivity index (χ2n) is 3.17. The van der Waals surface area contributed by atoms with Gasteiger partial charge in [0, 0.05) is 11.8 Å². The molecule has 0 spiro atoms. The first-order valence-electron chi connectivity index (χ1n) is 4.12. The summed E-state index contributed by atoms with van der Waals surface area (Å²) >= 11 is 0.